The molecule has 0 aliphatic carbocycles. The van der Waals surface area contributed by atoms with Crippen LogP contribution in [0.3, 0.4) is 0 Å². The second kappa shape index (κ2) is 6.00. The van der Waals surface area contributed by atoms with Crippen molar-refractivity contribution < 1.29 is 9.90 Å². The number of rotatable bonds is 6. The van der Waals surface area contributed by atoms with E-state index >= 15 is 0 Å². The van der Waals surface area contributed by atoms with Crippen LogP contribution in [0.1, 0.15) is 36.5 Å². The van der Waals surface area contributed by atoms with E-state index in [1.807, 2.05) is 0 Å². The highest BCUT2D eigenvalue weighted by Crippen LogP contribution is 2.19. The molecule has 4 heteroatoms. The van der Waals surface area contributed by atoms with Crippen molar-refractivity contribution in [2.24, 2.45) is 0 Å². The molecule has 0 atom stereocenters. The normalized spacial score (nSPS) is 10.1. The van der Waals surface area contributed by atoms with E-state index in [4.69, 9.17) is 10.8 Å². The molecule has 4 nitrogen and oxygen atoms in total. The number of nitrogens with one attached hydrogen (secondary N) is 1. The van der Waals surface area contributed by atoms with Gasteiger partial charge in [0.2, 0.25) is 0 Å². The number of benzene rings is 1. The Balaban J connectivity index is 2.68. The van der Waals surface area contributed by atoms with Gasteiger partial charge in [-0.05, 0) is 24.6 Å². The van der Waals surface area contributed by atoms with E-state index in [2.05, 4.69) is 12.2 Å². The molecule has 0 amide bonds. The molecule has 0 saturated heterocycles. The summed E-state index contributed by atoms with van der Waals surface area (Å²) in [6.07, 6.45) is 3.31. The van der Waals surface area contributed by atoms with Crippen molar-refractivity contribution in [2.75, 3.05) is 17.6 Å². The van der Waals surface area contributed by atoms with Gasteiger partial charge < -0.3 is 16.2 Å². The Labute approximate surface area is 95.5 Å². The molecule has 16 heavy (non-hydrogen) atoms. The number of hydrogen-bond acceptors (Lipinski definition) is 3. The lowest BCUT2D eigenvalue weighted by molar-refractivity contribution is 0.0698. The minimum Gasteiger partial charge on any atom is -0.478 e. The SMILES string of the molecule is CCCCCNc1cc(N)ccc1C(=O)O. The lowest BCUT2D eigenvalue weighted by Crippen LogP contribution is -2.08. The van der Waals surface area contributed by atoms with E-state index in [9.17, 15) is 4.79 Å². The summed E-state index contributed by atoms with van der Waals surface area (Å²) < 4.78 is 0. The Morgan fingerprint density at radius 3 is 2.81 bits per heavy atom. The van der Waals surface area contributed by atoms with E-state index in [-0.39, 0.29) is 5.56 Å². The van der Waals surface area contributed by atoms with Gasteiger partial charge in [0.15, 0.2) is 0 Å². The predicted octanol–water partition coefficient (Wildman–Crippen LogP) is 2.57. The quantitative estimate of drug-likeness (QED) is 0.510. The lowest BCUT2D eigenvalue weighted by Gasteiger charge is -2.10. The van der Waals surface area contributed by atoms with Crippen LogP contribution in [0.5, 0.6) is 0 Å². The molecule has 0 aliphatic rings. The Hall–Kier alpha value is -1.71. The smallest absolute Gasteiger partial charge is 0.337 e. The maximum Gasteiger partial charge on any atom is 0.337 e. The molecule has 4 N–H and O–H groups in total. The second-order valence-corrected chi connectivity index (χ2v) is 3.74. The second-order valence-electron chi connectivity index (χ2n) is 3.74. The summed E-state index contributed by atoms with van der Waals surface area (Å²) in [5.74, 6) is -0.932. The minimum atomic E-state index is -0.932. The number of nitrogen functional groups attached to an aromatic ring is 1. The van der Waals surface area contributed by atoms with Crippen molar-refractivity contribution in [3.05, 3.63) is 23.8 Å². The number of anilines is 2. The van der Waals surface area contributed by atoms with Gasteiger partial charge >= 0.3 is 5.97 Å². The Morgan fingerprint density at radius 1 is 1.44 bits per heavy atom. The Bertz CT molecular complexity index is 364. The minimum absolute atomic E-state index is 0.269. The number of carboxylic acids is 1. The van der Waals surface area contributed by atoms with Crippen molar-refractivity contribution in [3.63, 3.8) is 0 Å². The van der Waals surface area contributed by atoms with E-state index in [1.165, 1.54) is 6.07 Å². The van der Waals surface area contributed by atoms with Crippen LogP contribution in [0.2, 0.25) is 0 Å². The van der Waals surface area contributed by atoms with Crippen molar-refractivity contribution in [1.29, 1.82) is 0 Å². The summed E-state index contributed by atoms with van der Waals surface area (Å²) in [6, 6.07) is 4.79. The summed E-state index contributed by atoms with van der Waals surface area (Å²) in [5.41, 5.74) is 7.07. The predicted molar refractivity (Wildman–Crippen MR) is 65.8 cm³/mol. The number of nitrogens with two attached hydrogens (primary N) is 1. The third-order valence-electron chi connectivity index (χ3n) is 2.37. The molecule has 1 aromatic rings. The molecule has 1 rings (SSSR count). The van der Waals surface area contributed by atoms with E-state index < -0.39 is 5.97 Å². The summed E-state index contributed by atoms with van der Waals surface area (Å²) in [4.78, 5) is 10.9. The molecule has 1 aromatic carbocycles. The molecule has 0 spiro atoms. The van der Waals surface area contributed by atoms with Crippen LogP contribution in [-0.2, 0) is 0 Å². The zero-order valence-corrected chi connectivity index (χ0v) is 9.49. The van der Waals surface area contributed by atoms with Gasteiger partial charge in [-0.3, -0.25) is 0 Å². The molecule has 0 heterocycles. The van der Waals surface area contributed by atoms with Crippen molar-refractivity contribution in [1.82, 2.24) is 0 Å². The topological polar surface area (TPSA) is 75.3 Å². The van der Waals surface area contributed by atoms with Crippen LogP contribution >= 0.6 is 0 Å². The van der Waals surface area contributed by atoms with Crippen molar-refractivity contribution in [2.45, 2.75) is 26.2 Å². The highest BCUT2D eigenvalue weighted by Gasteiger charge is 2.09. The summed E-state index contributed by atoms with van der Waals surface area (Å²) in [7, 11) is 0. The Kier molecular flexibility index (Phi) is 4.64. The first-order chi connectivity index (χ1) is 7.65. The third kappa shape index (κ3) is 3.46. The monoisotopic (exact) mass is 222 g/mol. The van der Waals surface area contributed by atoms with Gasteiger partial charge in [0.05, 0.1) is 11.3 Å². The lowest BCUT2D eigenvalue weighted by atomic mass is 10.1. The van der Waals surface area contributed by atoms with Crippen molar-refractivity contribution >= 4 is 17.3 Å². The van der Waals surface area contributed by atoms with Gasteiger partial charge in [0.1, 0.15) is 0 Å². The first kappa shape index (κ1) is 12.4. The van der Waals surface area contributed by atoms with Gasteiger partial charge in [-0.15, -0.1) is 0 Å². The average Bonchev–Trinajstić information content (AvgIpc) is 2.24. The van der Waals surface area contributed by atoms with Gasteiger partial charge in [-0.1, -0.05) is 19.8 Å². The van der Waals surface area contributed by atoms with Crippen LogP contribution in [0.4, 0.5) is 11.4 Å². The number of aromatic carboxylic acids is 1. The largest absolute Gasteiger partial charge is 0.478 e. The van der Waals surface area contributed by atoms with Crippen LogP contribution in [-0.4, -0.2) is 17.6 Å². The van der Waals surface area contributed by atoms with Crippen LogP contribution < -0.4 is 11.1 Å². The molecule has 0 unspecified atom stereocenters. The van der Waals surface area contributed by atoms with Crippen LogP contribution in [0, 0.1) is 0 Å². The van der Waals surface area contributed by atoms with Gasteiger partial charge in [-0.2, -0.15) is 0 Å². The van der Waals surface area contributed by atoms with Gasteiger partial charge in [-0.25, -0.2) is 4.79 Å². The zero-order valence-electron chi connectivity index (χ0n) is 9.49. The molecule has 0 aliphatic heterocycles. The fourth-order valence-corrected chi connectivity index (χ4v) is 1.49. The molecule has 0 radical (unpaired) electrons. The molecule has 0 saturated carbocycles. The number of hydrogen-bond donors (Lipinski definition) is 3. The highest BCUT2D eigenvalue weighted by atomic mass is 16.4. The highest BCUT2D eigenvalue weighted by molar-refractivity contribution is 5.95. The molecule has 0 aromatic heterocycles. The van der Waals surface area contributed by atoms with Gasteiger partial charge in [0.25, 0.3) is 0 Å². The standard InChI is InChI=1S/C12H18N2O2/c1-2-3-4-7-14-11-8-9(13)5-6-10(11)12(15)16/h5-6,8,14H,2-4,7,13H2,1H3,(H,15,16). The van der Waals surface area contributed by atoms with E-state index in [0.29, 0.717) is 11.4 Å². The Morgan fingerprint density at radius 2 is 2.19 bits per heavy atom. The summed E-state index contributed by atoms with van der Waals surface area (Å²) in [6.45, 7) is 2.90. The number of carbonyl (C=O) groups is 1. The maximum absolute atomic E-state index is 10.9. The van der Waals surface area contributed by atoms with Gasteiger partial charge in [0, 0.05) is 12.2 Å². The molecule has 0 bridgehead atoms. The molecular formula is C12H18N2O2. The first-order valence-electron chi connectivity index (χ1n) is 5.52. The fraction of sp³-hybridized carbons (Fsp3) is 0.417. The average molecular weight is 222 g/mol. The number of unbranched alkanes of at least 4 members (excludes halogenated alkanes) is 2. The maximum atomic E-state index is 10.9. The fourth-order valence-electron chi connectivity index (χ4n) is 1.49. The number of carboxylic acid groups (broad SMARTS) is 1. The van der Waals surface area contributed by atoms with E-state index in [1.54, 1.807) is 12.1 Å². The van der Waals surface area contributed by atoms with Crippen LogP contribution in [0.15, 0.2) is 18.2 Å². The van der Waals surface area contributed by atoms with Crippen molar-refractivity contribution in [3.8, 4) is 0 Å². The summed E-state index contributed by atoms with van der Waals surface area (Å²) in [5, 5.41) is 12.1. The molecular weight excluding hydrogens is 204 g/mol. The zero-order chi connectivity index (χ0) is 12.0. The molecule has 88 valence electrons. The third-order valence-corrected chi connectivity index (χ3v) is 2.37. The van der Waals surface area contributed by atoms with E-state index in [0.717, 1.165) is 25.8 Å². The summed E-state index contributed by atoms with van der Waals surface area (Å²) >= 11 is 0. The first-order valence-corrected chi connectivity index (χ1v) is 5.52. The molecule has 0 fully saturated rings. The van der Waals surface area contributed by atoms with Crippen LogP contribution in [0.25, 0.3) is 0 Å².